The van der Waals surface area contributed by atoms with Crippen molar-refractivity contribution in [2.75, 3.05) is 24.3 Å². The predicted octanol–water partition coefficient (Wildman–Crippen LogP) is 4.38. The van der Waals surface area contributed by atoms with Crippen molar-refractivity contribution < 1.29 is 29.3 Å². The smallest absolute Gasteiger partial charge is 0.330 e. The van der Waals surface area contributed by atoms with E-state index in [1.165, 1.54) is 7.05 Å². The quantitative estimate of drug-likeness (QED) is 0.133. The molecule has 0 unspecified atom stereocenters. The summed E-state index contributed by atoms with van der Waals surface area (Å²) < 4.78 is 7.74. The van der Waals surface area contributed by atoms with Gasteiger partial charge in [-0.15, -0.1) is 0 Å². The van der Waals surface area contributed by atoms with Crippen molar-refractivity contribution in [2.24, 2.45) is 0 Å². The van der Waals surface area contributed by atoms with Gasteiger partial charge in [0.25, 0.3) is 0 Å². The number of hydrogen-bond acceptors (Lipinski definition) is 8. The van der Waals surface area contributed by atoms with E-state index in [-0.39, 0.29) is 12.0 Å². The maximum atomic E-state index is 13.5. The molecule has 0 radical (unpaired) electrons. The van der Waals surface area contributed by atoms with Crippen LogP contribution in [0.5, 0.6) is 5.75 Å². The molecule has 0 bridgehead atoms. The summed E-state index contributed by atoms with van der Waals surface area (Å²) in [5.41, 5.74) is 3.36. The summed E-state index contributed by atoms with van der Waals surface area (Å²) in [7, 11) is 1.29. The van der Waals surface area contributed by atoms with Gasteiger partial charge < -0.3 is 20.3 Å². The van der Waals surface area contributed by atoms with Crippen LogP contribution in [0.25, 0.3) is 16.5 Å². The molecule has 0 spiro atoms. The molecule has 1 fully saturated rings. The molecule has 3 aromatic carbocycles. The fraction of sp³-hybridized carbons (Fsp3) is 0.250. The minimum absolute atomic E-state index is 0.0631. The highest BCUT2D eigenvalue weighted by Crippen LogP contribution is 2.33. The molecule has 1 saturated heterocycles. The summed E-state index contributed by atoms with van der Waals surface area (Å²) in [6.07, 6.45) is 4.27. The Hall–Kier alpha value is -5.79. The number of pyridine rings is 1. The van der Waals surface area contributed by atoms with Crippen LogP contribution in [0.15, 0.2) is 91.3 Å². The molecule has 6 rings (SSSR count). The van der Waals surface area contributed by atoms with Crippen LogP contribution in [0.2, 0.25) is 0 Å². The SMILES string of the molecule is CN1C(=O)C(O)(O)C(=O)N1Cc1ccc(-n2nc(C(C)(C)C)cc2NC(=O)Nc2ccc(OCCc3cccnc3)c3ccccc23)cc1. The van der Waals surface area contributed by atoms with Crippen molar-refractivity contribution in [2.45, 2.75) is 44.9 Å². The van der Waals surface area contributed by atoms with E-state index in [1.54, 1.807) is 35.1 Å². The molecule has 5 aromatic rings. The Kier molecular flexibility index (Phi) is 8.80. The number of hydrazine groups is 1. The molecule has 3 heterocycles. The van der Waals surface area contributed by atoms with Crippen molar-refractivity contribution in [3.8, 4) is 11.4 Å². The molecule has 252 valence electrons. The second-order valence-corrected chi connectivity index (χ2v) is 12.8. The summed E-state index contributed by atoms with van der Waals surface area (Å²) >= 11 is 0. The maximum absolute atomic E-state index is 13.5. The molecule has 13 heteroatoms. The third-order valence-corrected chi connectivity index (χ3v) is 8.22. The number of hydrogen-bond donors (Lipinski definition) is 4. The molecular formula is C36H37N7O6. The van der Waals surface area contributed by atoms with Gasteiger partial charge in [-0.05, 0) is 41.5 Å². The summed E-state index contributed by atoms with van der Waals surface area (Å²) in [5, 5.41) is 33.9. The highest BCUT2D eigenvalue weighted by molar-refractivity contribution is 6.10. The first-order valence-electron chi connectivity index (χ1n) is 15.7. The van der Waals surface area contributed by atoms with Gasteiger partial charge in [0.05, 0.1) is 30.2 Å². The number of carbonyl (C=O) groups is 3. The minimum Gasteiger partial charge on any atom is -0.493 e. The number of ether oxygens (including phenoxy) is 1. The van der Waals surface area contributed by atoms with Gasteiger partial charge in [0.2, 0.25) is 0 Å². The average Bonchev–Trinajstić information content (AvgIpc) is 3.57. The van der Waals surface area contributed by atoms with E-state index in [9.17, 15) is 24.6 Å². The second-order valence-electron chi connectivity index (χ2n) is 12.8. The van der Waals surface area contributed by atoms with E-state index >= 15 is 0 Å². The number of nitrogens with one attached hydrogen (secondary N) is 2. The first kappa shape index (κ1) is 33.1. The Morgan fingerprint density at radius 3 is 2.29 bits per heavy atom. The molecule has 4 amide bonds. The van der Waals surface area contributed by atoms with Crippen LogP contribution in [0.1, 0.15) is 37.6 Å². The molecule has 0 atom stereocenters. The predicted molar refractivity (Wildman–Crippen MR) is 183 cm³/mol. The average molecular weight is 664 g/mol. The van der Waals surface area contributed by atoms with E-state index in [1.807, 2.05) is 81.6 Å². The number of benzene rings is 3. The third-order valence-electron chi connectivity index (χ3n) is 8.22. The van der Waals surface area contributed by atoms with Crippen molar-refractivity contribution in [1.82, 2.24) is 24.8 Å². The summed E-state index contributed by atoms with van der Waals surface area (Å²) in [5.74, 6) is -4.19. The third kappa shape index (κ3) is 6.80. The number of urea groups is 1. The molecule has 0 saturated carbocycles. The largest absolute Gasteiger partial charge is 0.493 e. The Morgan fingerprint density at radius 2 is 1.63 bits per heavy atom. The van der Waals surface area contributed by atoms with E-state index in [0.29, 0.717) is 41.5 Å². The van der Waals surface area contributed by atoms with E-state index in [2.05, 4.69) is 15.6 Å². The highest BCUT2D eigenvalue weighted by Gasteiger charge is 2.55. The van der Waals surface area contributed by atoms with Crippen LogP contribution in [0.4, 0.5) is 16.3 Å². The monoisotopic (exact) mass is 663 g/mol. The van der Waals surface area contributed by atoms with Gasteiger partial charge in [0, 0.05) is 48.1 Å². The summed E-state index contributed by atoms with van der Waals surface area (Å²) in [6.45, 7) is 6.47. The fourth-order valence-electron chi connectivity index (χ4n) is 5.47. The standard InChI is InChI=1S/C36H37N7O6/c1-35(2,3)30-20-31(43(40-30)25-13-11-24(12-14-25)22-42-33(45)36(47,48)32(44)41(42)4)39-34(46)38-28-15-16-29(27-10-6-5-9-26(27)28)49-19-17-23-8-7-18-37-21-23/h5-16,18,20-21,47-48H,17,19,22H2,1-4H3,(H2,38,39,46). The molecule has 0 aliphatic carbocycles. The van der Waals surface area contributed by atoms with Gasteiger partial charge in [0.15, 0.2) is 0 Å². The number of anilines is 2. The van der Waals surface area contributed by atoms with Crippen LogP contribution in [-0.4, -0.2) is 72.3 Å². The number of fused-ring (bicyclic) bond motifs is 1. The molecular weight excluding hydrogens is 626 g/mol. The van der Waals surface area contributed by atoms with Gasteiger partial charge in [-0.25, -0.2) is 19.5 Å². The lowest BCUT2D eigenvalue weighted by Crippen LogP contribution is -2.43. The van der Waals surface area contributed by atoms with Crippen molar-refractivity contribution in [1.29, 1.82) is 0 Å². The van der Waals surface area contributed by atoms with Crippen LogP contribution in [0, 0.1) is 0 Å². The van der Waals surface area contributed by atoms with Crippen LogP contribution < -0.4 is 15.4 Å². The van der Waals surface area contributed by atoms with Gasteiger partial charge in [-0.2, -0.15) is 5.10 Å². The Labute approximate surface area is 282 Å². The number of aromatic nitrogens is 3. The molecule has 4 N–H and O–H groups in total. The van der Waals surface area contributed by atoms with E-state index in [0.717, 1.165) is 32.0 Å². The van der Waals surface area contributed by atoms with Crippen molar-refractivity contribution in [3.63, 3.8) is 0 Å². The van der Waals surface area contributed by atoms with E-state index in [4.69, 9.17) is 9.84 Å². The first-order chi connectivity index (χ1) is 23.3. The molecule has 1 aliphatic rings. The lowest BCUT2D eigenvalue weighted by molar-refractivity contribution is -0.186. The van der Waals surface area contributed by atoms with E-state index < -0.39 is 23.6 Å². The molecule has 1 aliphatic heterocycles. The lowest BCUT2D eigenvalue weighted by Gasteiger charge is -2.23. The van der Waals surface area contributed by atoms with Crippen LogP contribution in [-0.2, 0) is 28.0 Å². The minimum atomic E-state index is -3.09. The maximum Gasteiger partial charge on any atom is 0.330 e. The molecule has 13 nitrogen and oxygen atoms in total. The first-order valence-corrected chi connectivity index (χ1v) is 15.7. The lowest BCUT2D eigenvalue weighted by atomic mass is 9.92. The van der Waals surface area contributed by atoms with Gasteiger partial charge in [0.1, 0.15) is 11.6 Å². The Bertz CT molecular complexity index is 2020. The number of aliphatic hydroxyl groups is 2. The van der Waals surface area contributed by atoms with Crippen LogP contribution in [0.3, 0.4) is 0 Å². The zero-order valence-electron chi connectivity index (χ0n) is 27.5. The normalized spacial score (nSPS) is 14.4. The number of nitrogens with zero attached hydrogens (tertiary/aromatic N) is 5. The van der Waals surface area contributed by atoms with Gasteiger partial charge >= 0.3 is 23.6 Å². The number of rotatable bonds is 9. The topological polar surface area (TPSA) is 162 Å². The summed E-state index contributed by atoms with van der Waals surface area (Å²) in [6, 6.07) is 23.6. The summed E-state index contributed by atoms with van der Waals surface area (Å²) in [4.78, 5) is 42.1. The number of amides is 4. The van der Waals surface area contributed by atoms with Crippen molar-refractivity contribution >= 4 is 40.1 Å². The highest BCUT2D eigenvalue weighted by atomic mass is 16.5. The fourth-order valence-corrected chi connectivity index (χ4v) is 5.47. The molecule has 49 heavy (non-hydrogen) atoms. The number of carbonyl (C=O) groups excluding carboxylic acids is 3. The van der Waals surface area contributed by atoms with Crippen LogP contribution >= 0.6 is 0 Å². The Balaban J connectivity index is 1.19. The van der Waals surface area contributed by atoms with Gasteiger partial charge in [-0.3, -0.25) is 19.9 Å². The zero-order chi connectivity index (χ0) is 34.9. The van der Waals surface area contributed by atoms with Crippen molar-refractivity contribution in [3.05, 3.63) is 108 Å². The Morgan fingerprint density at radius 1 is 0.898 bits per heavy atom. The van der Waals surface area contributed by atoms with Gasteiger partial charge in [-0.1, -0.05) is 63.2 Å². The second kappa shape index (κ2) is 13.0. The number of likely N-dealkylation sites (N-methyl/N-ethyl adjacent to an activating group) is 1. The molecule has 2 aromatic heterocycles. The zero-order valence-corrected chi connectivity index (χ0v) is 27.5.